The molecule has 88 valence electrons. The fraction of sp³-hybridized carbons (Fsp3) is 0.818. The summed E-state index contributed by atoms with van der Waals surface area (Å²) in [5.74, 6) is -1.82. The quantitative estimate of drug-likeness (QED) is 0.370. The van der Waals surface area contributed by atoms with E-state index in [1.807, 2.05) is 0 Å². The Morgan fingerprint density at radius 3 is 2.20 bits per heavy atom. The Balaban J connectivity index is 3.73. The van der Waals surface area contributed by atoms with Gasteiger partial charge in [-0.25, -0.2) is 0 Å². The number of ether oxygens (including phenoxy) is 2. The van der Waals surface area contributed by atoms with Gasteiger partial charge in [0, 0.05) is 0 Å². The standard InChI is InChI=1S/C11H20O4/c1-4-6-7-8-15-11(13)9(3)10(12)14-5-2/h9H,4-8H2,1-3H3. The Bertz CT molecular complexity index is 201. The van der Waals surface area contributed by atoms with Crippen LogP contribution in [0.3, 0.4) is 0 Å². The van der Waals surface area contributed by atoms with Crippen LogP contribution >= 0.6 is 0 Å². The van der Waals surface area contributed by atoms with Crippen LogP contribution in [-0.2, 0) is 19.1 Å². The molecule has 0 heterocycles. The fourth-order valence-corrected chi connectivity index (χ4v) is 1.01. The maximum Gasteiger partial charge on any atom is 0.320 e. The average Bonchev–Trinajstić information content (AvgIpc) is 2.23. The number of hydrogen-bond donors (Lipinski definition) is 0. The highest BCUT2D eigenvalue weighted by molar-refractivity contribution is 5.94. The van der Waals surface area contributed by atoms with Gasteiger partial charge in [0.05, 0.1) is 13.2 Å². The summed E-state index contributed by atoms with van der Waals surface area (Å²) < 4.78 is 9.65. The van der Waals surface area contributed by atoms with Gasteiger partial charge in [-0.2, -0.15) is 0 Å². The van der Waals surface area contributed by atoms with Crippen LogP contribution in [0.2, 0.25) is 0 Å². The van der Waals surface area contributed by atoms with Crippen molar-refractivity contribution in [3.05, 3.63) is 0 Å². The van der Waals surface area contributed by atoms with Crippen LogP contribution in [0, 0.1) is 5.92 Å². The summed E-state index contributed by atoms with van der Waals surface area (Å²) in [7, 11) is 0. The lowest BCUT2D eigenvalue weighted by Gasteiger charge is -2.10. The van der Waals surface area contributed by atoms with Crippen LogP contribution in [-0.4, -0.2) is 25.2 Å². The largest absolute Gasteiger partial charge is 0.465 e. The molecule has 0 saturated heterocycles. The van der Waals surface area contributed by atoms with Crippen molar-refractivity contribution in [2.45, 2.75) is 40.0 Å². The molecule has 0 aliphatic carbocycles. The molecule has 0 aromatic heterocycles. The van der Waals surface area contributed by atoms with Gasteiger partial charge in [-0.3, -0.25) is 9.59 Å². The number of unbranched alkanes of at least 4 members (excludes halogenated alkanes) is 2. The number of rotatable bonds is 7. The van der Waals surface area contributed by atoms with E-state index < -0.39 is 17.9 Å². The topological polar surface area (TPSA) is 52.6 Å². The van der Waals surface area contributed by atoms with E-state index in [9.17, 15) is 9.59 Å². The van der Waals surface area contributed by atoms with E-state index in [1.54, 1.807) is 6.92 Å². The van der Waals surface area contributed by atoms with Crippen molar-refractivity contribution in [1.82, 2.24) is 0 Å². The highest BCUT2D eigenvalue weighted by Gasteiger charge is 2.23. The van der Waals surface area contributed by atoms with E-state index in [0.717, 1.165) is 19.3 Å². The molecule has 4 nitrogen and oxygen atoms in total. The highest BCUT2D eigenvalue weighted by atomic mass is 16.6. The van der Waals surface area contributed by atoms with Gasteiger partial charge in [0.15, 0.2) is 5.92 Å². The molecule has 0 radical (unpaired) electrons. The number of hydrogen-bond acceptors (Lipinski definition) is 4. The van der Waals surface area contributed by atoms with Gasteiger partial charge < -0.3 is 9.47 Å². The van der Waals surface area contributed by atoms with Gasteiger partial charge in [0.1, 0.15) is 0 Å². The lowest BCUT2D eigenvalue weighted by molar-refractivity contribution is -0.160. The van der Waals surface area contributed by atoms with E-state index >= 15 is 0 Å². The second kappa shape index (κ2) is 8.26. The Morgan fingerprint density at radius 2 is 1.67 bits per heavy atom. The molecule has 0 aromatic carbocycles. The fourth-order valence-electron chi connectivity index (χ4n) is 1.01. The van der Waals surface area contributed by atoms with Crippen molar-refractivity contribution in [3.8, 4) is 0 Å². The van der Waals surface area contributed by atoms with E-state index in [2.05, 4.69) is 6.92 Å². The van der Waals surface area contributed by atoms with Crippen molar-refractivity contribution < 1.29 is 19.1 Å². The molecule has 0 aliphatic heterocycles. The van der Waals surface area contributed by atoms with Crippen LogP contribution in [0.15, 0.2) is 0 Å². The third-order valence-corrected chi connectivity index (χ3v) is 1.99. The van der Waals surface area contributed by atoms with Gasteiger partial charge in [-0.15, -0.1) is 0 Å². The van der Waals surface area contributed by atoms with Crippen LogP contribution in [0.5, 0.6) is 0 Å². The SMILES string of the molecule is CCCCCOC(=O)C(C)C(=O)OCC. The van der Waals surface area contributed by atoms with Crippen molar-refractivity contribution in [1.29, 1.82) is 0 Å². The molecule has 4 heteroatoms. The van der Waals surface area contributed by atoms with Crippen molar-refractivity contribution in [2.24, 2.45) is 5.92 Å². The first-order valence-corrected chi connectivity index (χ1v) is 5.46. The van der Waals surface area contributed by atoms with E-state index in [0.29, 0.717) is 6.61 Å². The normalized spacial score (nSPS) is 11.9. The van der Waals surface area contributed by atoms with Crippen LogP contribution in [0.1, 0.15) is 40.0 Å². The van der Waals surface area contributed by atoms with Gasteiger partial charge in [-0.1, -0.05) is 19.8 Å². The van der Waals surface area contributed by atoms with Crippen LogP contribution < -0.4 is 0 Å². The molecule has 0 saturated carbocycles. The molecule has 0 fully saturated rings. The van der Waals surface area contributed by atoms with Crippen molar-refractivity contribution in [3.63, 3.8) is 0 Å². The smallest absolute Gasteiger partial charge is 0.320 e. The average molecular weight is 216 g/mol. The van der Waals surface area contributed by atoms with Crippen LogP contribution in [0.25, 0.3) is 0 Å². The lowest BCUT2D eigenvalue weighted by Crippen LogP contribution is -2.25. The molecule has 15 heavy (non-hydrogen) atoms. The third-order valence-electron chi connectivity index (χ3n) is 1.99. The molecule has 0 amide bonds. The number of esters is 2. The first kappa shape index (κ1) is 13.9. The highest BCUT2D eigenvalue weighted by Crippen LogP contribution is 2.03. The zero-order chi connectivity index (χ0) is 11.7. The van der Waals surface area contributed by atoms with E-state index in [1.165, 1.54) is 6.92 Å². The molecule has 0 aliphatic rings. The van der Waals surface area contributed by atoms with Crippen molar-refractivity contribution >= 4 is 11.9 Å². The predicted molar refractivity (Wildman–Crippen MR) is 56.3 cm³/mol. The minimum atomic E-state index is -0.813. The zero-order valence-electron chi connectivity index (χ0n) is 9.75. The minimum Gasteiger partial charge on any atom is -0.465 e. The molecular formula is C11H20O4. The summed E-state index contributed by atoms with van der Waals surface area (Å²) in [5, 5.41) is 0. The lowest BCUT2D eigenvalue weighted by atomic mass is 10.2. The Kier molecular flexibility index (Phi) is 7.68. The van der Waals surface area contributed by atoms with E-state index in [-0.39, 0.29) is 6.61 Å². The number of carbonyl (C=O) groups is 2. The van der Waals surface area contributed by atoms with E-state index in [4.69, 9.17) is 9.47 Å². The number of carbonyl (C=O) groups excluding carboxylic acids is 2. The second-order valence-corrected chi connectivity index (χ2v) is 3.35. The summed E-state index contributed by atoms with van der Waals surface area (Å²) in [6.07, 6.45) is 2.95. The molecule has 0 N–H and O–H groups in total. The van der Waals surface area contributed by atoms with Crippen LogP contribution in [0.4, 0.5) is 0 Å². The summed E-state index contributed by atoms with van der Waals surface area (Å²) in [4.78, 5) is 22.4. The summed E-state index contributed by atoms with van der Waals surface area (Å²) >= 11 is 0. The molecule has 0 rings (SSSR count). The molecular weight excluding hydrogens is 196 g/mol. The molecule has 1 unspecified atom stereocenters. The Morgan fingerprint density at radius 1 is 1.07 bits per heavy atom. The third kappa shape index (κ3) is 6.10. The maximum absolute atomic E-state index is 11.3. The summed E-state index contributed by atoms with van der Waals surface area (Å²) in [6.45, 7) is 5.95. The minimum absolute atomic E-state index is 0.284. The first-order chi connectivity index (χ1) is 7.13. The van der Waals surface area contributed by atoms with Gasteiger partial charge in [-0.05, 0) is 20.3 Å². The Hall–Kier alpha value is -1.06. The Labute approximate surface area is 90.9 Å². The monoisotopic (exact) mass is 216 g/mol. The maximum atomic E-state index is 11.3. The van der Waals surface area contributed by atoms with Gasteiger partial charge >= 0.3 is 11.9 Å². The van der Waals surface area contributed by atoms with Gasteiger partial charge in [0.2, 0.25) is 0 Å². The molecule has 0 bridgehead atoms. The molecule has 1 atom stereocenters. The van der Waals surface area contributed by atoms with Gasteiger partial charge in [0.25, 0.3) is 0 Å². The summed E-state index contributed by atoms with van der Waals surface area (Å²) in [5.41, 5.74) is 0. The second-order valence-electron chi connectivity index (χ2n) is 3.35. The molecule has 0 aromatic rings. The van der Waals surface area contributed by atoms with Crippen molar-refractivity contribution in [2.75, 3.05) is 13.2 Å². The molecule has 0 spiro atoms. The predicted octanol–water partition coefficient (Wildman–Crippen LogP) is 1.92. The first-order valence-electron chi connectivity index (χ1n) is 5.46. The summed E-state index contributed by atoms with van der Waals surface area (Å²) in [6, 6.07) is 0. The zero-order valence-corrected chi connectivity index (χ0v) is 9.75.